The first kappa shape index (κ1) is 23.0. The number of hydrogen-bond donors (Lipinski definition) is 0. The SMILES string of the molecule is CN(C)CCCN(C(=O)CSc1ccccc1)c1nc2ccc(Cl)cc2s1.Cl. The highest BCUT2D eigenvalue weighted by atomic mass is 35.5. The van der Waals surface area contributed by atoms with Crippen LogP contribution in [0.2, 0.25) is 5.02 Å². The third-order valence-electron chi connectivity index (χ3n) is 3.96. The maximum atomic E-state index is 13.0. The molecule has 0 bridgehead atoms. The van der Waals surface area contributed by atoms with Crippen LogP contribution in [-0.4, -0.2) is 48.7 Å². The molecule has 0 fully saturated rings. The lowest BCUT2D eigenvalue weighted by molar-refractivity contribution is -0.116. The lowest BCUT2D eigenvalue weighted by atomic mass is 10.3. The van der Waals surface area contributed by atoms with Crippen molar-refractivity contribution in [2.24, 2.45) is 0 Å². The third kappa shape index (κ3) is 6.36. The molecule has 0 aliphatic carbocycles. The molecule has 0 unspecified atom stereocenters. The third-order valence-corrected chi connectivity index (χ3v) is 6.24. The van der Waals surface area contributed by atoms with E-state index in [1.165, 1.54) is 11.3 Å². The summed E-state index contributed by atoms with van der Waals surface area (Å²) in [5.41, 5.74) is 0.875. The highest BCUT2D eigenvalue weighted by Gasteiger charge is 2.20. The number of nitrogens with zero attached hydrogens (tertiary/aromatic N) is 3. The molecule has 0 N–H and O–H groups in total. The summed E-state index contributed by atoms with van der Waals surface area (Å²) in [5.74, 6) is 0.468. The minimum Gasteiger partial charge on any atom is -0.309 e. The van der Waals surface area contributed by atoms with Gasteiger partial charge in [-0.15, -0.1) is 24.2 Å². The zero-order valence-corrected chi connectivity index (χ0v) is 19.0. The second-order valence-electron chi connectivity index (χ2n) is 6.41. The number of aromatic nitrogens is 1. The molecule has 3 rings (SSSR count). The first-order chi connectivity index (χ1) is 13.0. The number of fused-ring (bicyclic) bond motifs is 1. The Hall–Kier alpha value is -1.31. The molecule has 4 nitrogen and oxygen atoms in total. The maximum Gasteiger partial charge on any atom is 0.239 e. The molecule has 3 aromatic rings. The summed E-state index contributed by atoms with van der Waals surface area (Å²) in [6.45, 7) is 1.58. The molecular weight excluding hydrogens is 433 g/mol. The van der Waals surface area contributed by atoms with Gasteiger partial charge in [0, 0.05) is 16.5 Å². The van der Waals surface area contributed by atoms with Gasteiger partial charge in [0.25, 0.3) is 0 Å². The Morgan fingerprint density at radius 2 is 1.89 bits per heavy atom. The molecular formula is C20H23Cl2N3OS2. The fraction of sp³-hybridized carbons (Fsp3) is 0.300. The van der Waals surface area contributed by atoms with Gasteiger partial charge in [0.05, 0.1) is 16.0 Å². The molecule has 0 saturated carbocycles. The van der Waals surface area contributed by atoms with Crippen LogP contribution >= 0.6 is 47.1 Å². The van der Waals surface area contributed by atoms with E-state index in [0.29, 0.717) is 17.3 Å². The van der Waals surface area contributed by atoms with Crippen LogP contribution in [0.15, 0.2) is 53.4 Å². The van der Waals surface area contributed by atoms with Gasteiger partial charge in [0.1, 0.15) is 0 Å². The number of rotatable bonds is 8. The molecule has 0 radical (unpaired) electrons. The van der Waals surface area contributed by atoms with E-state index < -0.39 is 0 Å². The molecule has 8 heteroatoms. The van der Waals surface area contributed by atoms with Gasteiger partial charge in [-0.05, 0) is 57.4 Å². The van der Waals surface area contributed by atoms with Crippen LogP contribution in [0.1, 0.15) is 6.42 Å². The van der Waals surface area contributed by atoms with Crippen molar-refractivity contribution in [1.82, 2.24) is 9.88 Å². The summed E-state index contributed by atoms with van der Waals surface area (Å²) in [6.07, 6.45) is 0.894. The second-order valence-corrected chi connectivity index (χ2v) is 8.91. The number of carbonyl (C=O) groups is 1. The number of thioether (sulfide) groups is 1. The Balaban J connectivity index is 0.00000280. The van der Waals surface area contributed by atoms with Crippen molar-refractivity contribution in [2.75, 3.05) is 37.8 Å². The highest BCUT2D eigenvalue weighted by molar-refractivity contribution is 8.00. The van der Waals surface area contributed by atoms with E-state index in [-0.39, 0.29) is 18.3 Å². The molecule has 28 heavy (non-hydrogen) atoms. The minimum atomic E-state index is 0. The molecule has 1 aromatic heterocycles. The monoisotopic (exact) mass is 455 g/mol. The van der Waals surface area contributed by atoms with Crippen LogP contribution in [0.25, 0.3) is 10.2 Å². The molecule has 0 aliphatic rings. The average Bonchev–Trinajstić information content (AvgIpc) is 3.06. The topological polar surface area (TPSA) is 36.4 Å². The van der Waals surface area contributed by atoms with E-state index in [1.807, 2.05) is 67.5 Å². The summed E-state index contributed by atoms with van der Waals surface area (Å²) in [6, 6.07) is 15.6. The Morgan fingerprint density at radius 3 is 2.61 bits per heavy atom. The standard InChI is InChI=1S/C20H22ClN3OS2.ClH/c1-23(2)11-6-12-24(19(25)14-26-16-7-4-3-5-8-16)20-22-17-10-9-15(21)13-18(17)27-20;/h3-5,7-10,13H,6,11-12,14H2,1-2H3;1H. The second kappa shape index (κ2) is 11.0. The van der Waals surface area contributed by atoms with Crippen LogP contribution in [-0.2, 0) is 4.79 Å². The zero-order chi connectivity index (χ0) is 19.2. The lowest BCUT2D eigenvalue weighted by Crippen LogP contribution is -2.34. The van der Waals surface area contributed by atoms with Crippen molar-refractivity contribution in [1.29, 1.82) is 0 Å². The molecule has 1 amide bonds. The molecule has 2 aromatic carbocycles. The summed E-state index contributed by atoms with van der Waals surface area (Å²) in [7, 11) is 4.08. The maximum absolute atomic E-state index is 13.0. The van der Waals surface area contributed by atoms with Crippen molar-refractivity contribution in [2.45, 2.75) is 11.3 Å². The van der Waals surface area contributed by atoms with E-state index in [9.17, 15) is 4.79 Å². The summed E-state index contributed by atoms with van der Waals surface area (Å²) in [5, 5.41) is 1.42. The molecule has 0 aliphatic heterocycles. The van der Waals surface area contributed by atoms with Crippen LogP contribution in [0.4, 0.5) is 5.13 Å². The number of anilines is 1. The number of amides is 1. The summed E-state index contributed by atoms with van der Waals surface area (Å²) >= 11 is 9.17. The van der Waals surface area contributed by atoms with Gasteiger partial charge in [-0.25, -0.2) is 4.98 Å². The predicted molar refractivity (Wildman–Crippen MR) is 125 cm³/mol. The number of hydrogen-bond acceptors (Lipinski definition) is 5. The minimum absolute atomic E-state index is 0. The number of thiazole rings is 1. The number of carbonyl (C=O) groups excluding carboxylic acids is 1. The van der Waals surface area contributed by atoms with Crippen LogP contribution < -0.4 is 4.90 Å². The summed E-state index contributed by atoms with van der Waals surface area (Å²) < 4.78 is 0.999. The Kier molecular flexibility index (Phi) is 9.05. The highest BCUT2D eigenvalue weighted by Crippen LogP contribution is 2.31. The molecule has 150 valence electrons. The molecule has 1 heterocycles. The fourth-order valence-corrected chi connectivity index (χ4v) is 4.69. The van der Waals surface area contributed by atoms with E-state index in [1.54, 1.807) is 11.8 Å². The predicted octanol–water partition coefficient (Wildman–Crippen LogP) is 5.45. The summed E-state index contributed by atoms with van der Waals surface area (Å²) in [4.78, 5) is 22.7. The van der Waals surface area contributed by atoms with Crippen LogP contribution in [0.3, 0.4) is 0 Å². The Morgan fingerprint density at radius 1 is 1.14 bits per heavy atom. The van der Waals surface area contributed by atoms with Gasteiger partial charge < -0.3 is 4.90 Å². The average molecular weight is 456 g/mol. The normalized spacial score (nSPS) is 10.9. The van der Waals surface area contributed by atoms with Crippen LogP contribution in [0, 0.1) is 0 Å². The van der Waals surface area contributed by atoms with Gasteiger partial charge in [0.2, 0.25) is 5.91 Å². The molecule has 0 spiro atoms. The first-order valence-corrected chi connectivity index (χ1v) is 10.9. The van der Waals surface area contributed by atoms with Gasteiger partial charge >= 0.3 is 0 Å². The van der Waals surface area contributed by atoms with Gasteiger partial charge in [-0.3, -0.25) is 9.69 Å². The van der Waals surface area contributed by atoms with Crippen molar-refractivity contribution in [3.8, 4) is 0 Å². The van der Waals surface area contributed by atoms with E-state index >= 15 is 0 Å². The first-order valence-electron chi connectivity index (χ1n) is 8.72. The smallest absolute Gasteiger partial charge is 0.239 e. The van der Waals surface area contributed by atoms with E-state index in [4.69, 9.17) is 11.6 Å². The molecule has 0 atom stereocenters. The van der Waals surface area contributed by atoms with Gasteiger partial charge in [-0.1, -0.05) is 41.1 Å². The van der Waals surface area contributed by atoms with Gasteiger partial charge in [0.15, 0.2) is 5.13 Å². The van der Waals surface area contributed by atoms with Gasteiger partial charge in [-0.2, -0.15) is 0 Å². The van der Waals surface area contributed by atoms with Crippen molar-refractivity contribution >= 4 is 68.4 Å². The largest absolute Gasteiger partial charge is 0.309 e. The molecule has 0 saturated heterocycles. The zero-order valence-electron chi connectivity index (χ0n) is 15.8. The Labute approximate surface area is 185 Å². The van der Waals surface area contributed by atoms with Crippen molar-refractivity contribution in [3.63, 3.8) is 0 Å². The fourth-order valence-electron chi connectivity index (χ4n) is 2.61. The number of halogens is 2. The lowest BCUT2D eigenvalue weighted by Gasteiger charge is -2.21. The van der Waals surface area contributed by atoms with E-state index in [2.05, 4.69) is 9.88 Å². The van der Waals surface area contributed by atoms with Crippen LogP contribution in [0.5, 0.6) is 0 Å². The van der Waals surface area contributed by atoms with E-state index in [0.717, 1.165) is 33.2 Å². The Bertz CT molecular complexity index is 903. The number of benzene rings is 2. The van der Waals surface area contributed by atoms with Crippen molar-refractivity contribution in [3.05, 3.63) is 53.6 Å². The quantitative estimate of drug-likeness (QED) is 0.423. The van der Waals surface area contributed by atoms with Crippen molar-refractivity contribution < 1.29 is 4.79 Å².